The van der Waals surface area contributed by atoms with Crippen LogP contribution in [0.3, 0.4) is 0 Å². The van der Waals surface area contributed by atoms with Gasteiger partial charge in [-0.25, -0.2) is 4.39 Å². The molecule has 0 aromatic heterocycles. The number of nitro benzene ring substituents is 1. The number of anilines is 2. The van der Waals surface area contributed by atoms with Gasteiger partial charge in [0.05, 0.1) is 30.3 Å². The quantitative estimate of drug-likeness (QED) is 0.336. The fourth-order valence-electron chi connectivity index (χ4n) is 2.93. The van der Waals surface area contributed by atoms with Crippen LogP contribution in [0.5, 0.6) is 5.75 Å². The molecule has 0 unspecified atom stereocenters. The van der Waals surface area contributed by atoms with E-state index in [0.29, 0.717) is 22.5 Å². The Morgan fingerprint density at radius 2 is 1.79 bits per heavy atom. The summed E-state index contributed by atoms with van der Waals surface area (Å²) in [7, 11) is 1.35. The minimum absolute atomic E-state index is 0.0672. The van der Waals surface area contributed by atoms with Crippen LogP contribution < -0.4 is 20.7 Å². The molecule has 0 spiro atoms. The molecule has 0 heterocycles. The van der Waals surface area contributed by atoms with Crippen LogP contribution in [0.2, 0.25) is 0 Å². The number of amides is 2. The van der Waals surface area contributed by atoms with E-state index in [-0.39, 0.29) is 36.3 Å². The molecule has 9 nitrogen and oxygen atoms in total. The summed E-state index contributed by atoms with van der Waals surface area (Å²) in [5.74, 6) is -0.966. The van der Waals surface area contributed by atoms with Gasteiger partial charge in [0.15, 0.2) is 0 Å². The van der Waals surface area contributed by atoms with Crippen LogP contribution in [-0.2, 0) is 11.3 Å². The van der Waals surface area contributed by atoms with E-state index in [1.807, 2.05) is 0 Å². The smallest absolute Gasteiger partial charge is 0.273 e. The van der Waals surface area contributed by atoms with Crippen LogP contribution in [-0.4, -0.2) is 30.4 Å². The van der Waals surface area contributed by atoms with Crippen LogP contribution in [0.15, 0.2) is 66.7 Å². The second-order valence-electron chi connectivity index (χ2n) is 6.89. The van der Waals surface area contributed by atoms with E-state index < -0.39 is 10.8 Å². The second kappa shape index (κ2) is 10.7. The van der Waals surface area contributed by atoms with Crippen molar-refractivity contribution in [3.63, 3.8) is 0 Å². The zero-order valence-electron chi connectivity index (χ0n) is 17.6. The monoisotopic (exact) mass is 452 g/mol. The molecule has 0 aliphatic rings. The summed E-state index contributed by atoms with van der Waals surface area (Å²) in [5, 5.41) is 19.1. The van der Waals surface area contributed by atoms with Gasteiger partial charge in [0.2, 0.25) is 5.91 Å². The lowest BCUT2D eigenvalue weighted by molar-refractivity contribution is -0.384. The van der Waals surface area contributed by atoms with E-state index in [4.69, 9.17) is 4.74 Å². The van der Waals surface area contributed by atoms with Crippen molar-refractivity contribution in [3.8, 4) is 5.75 Å². The number of nitro groups is 1. The highest BCUT2D eigenvalue weighted by atomic mass is 19.1. The Morgan fingerprint density at radius 3 is 2.45 bits per heavy atom. The average Bonchev–Trinajstić information content (AvgIpc) is 2.82. The molecule has 0 bridgehead atoms. The van der Waals surface area contributed by atoms with Gasteiger partial charge in [0, 0.05) is 29.4 Å². The average molecular weight is 452 g/mol. The zero-order chi connectivity index (χ0) is 23.8. The first-order valence-electron chi connectivity index (χ1n) is 9.85. The van der Waals surface area contributed by atoms with Crippen LogP contribution >= 0.6 is 0 Å². The molecule has 0 radical (unpaired) electrons. The molecular weight excluding hydrogens is 431 g/mol. The SMILES string of the molecule is COc1cc([N+](=O)[O-])ccc1NC(=O)CNc1ccc(C(=O)NCc2ccccc2F)cc1. The zero-order valence-corrected chi connectivity index (χ0v) is 17.6. The summed E-state index contributed by atoms with van der Waals surface area (Å²) >= 11 is 0. The highest BCUT2D eigenvalue weighted by Gasteiger charge is 2.13. The van der Waals surface area contributed by atoms with Crippen molar-refractivity contribution in [2.24, 2.45) is 0 Å². The Kier molecular flexibility index (Phi) is 7.53. The number of benzene rings is 3. The first-order valence-corrected chi connectivity index (χ1v) is 9.85. The molecule has 33 heavy (non-hydrogen) atoms. The van der Waals surface area contributed by atoms with Crippen molar-refractivity contribution in [3.05, 3.63) is 93.8 Å². The number of non-ortho nitro benzene ring substituents is 1. The number of carbonyl (C=O) groups is 2. The van der Waals surface area contributed by atoms with Crippen molar-refractivity contribution in [2.45, 2.75) is 6.54 Å². The molecule has 3 aromatic carbocycles. The van der Waals surface area contributed by atoms with E-state index in [1.54, 1.807) is 42.5 Å². The van der Waals surface area contributed by atoms with Crippen LogP contribution in [0.25, 0.3) is 0 Å². The third-order valence-corrected chi connectivity index (χ3v) is 4.67. The van der Waals surface area contributed by atoms with Crippen molar-refractivity contribution < 1.29 is 23.6 Å². The van der Waals surface area contributed by atoms with Crippen molar-refractivity contribution >= 4 is 28.9 Å². The maximum absolute atomic E-state index is 13.6. The molecule has 170 valence electrons. The molecule has 0 saturated heterocycles. The minimum atomic E-state index is -0.556. The molecule has 0 aliphatic carbocycles. The first kappa shape index (κ1) is 23.2. The van der Waals surface area contributed by atoms with Gasteiger partial charge >= 0.3 is 0 Å². The molecule has 0 saturated carbocycles. The molecule has 2 amide bonds. The van der Waals surface area contributed by atoms with E-state index in [1.165, 1.54) is 31.4 Å². The summed E-state index contributed by atoms with van der Waals surface area (Å²) in [5.41, 5.74) is 1.53. The third-order valence-electron chi connectivity index (χ3n) is 4.67. The molecule has 0 aliphatic heterocycles. The predicted octanol–water partition coefficient (Wildman–Crippen LogP) is 3.72. The first-order chi connectivity index (χ1) is 15.9. The maximum atomic E-state index is 13.6. The highest BCUT2D eigenvalue weighted by Crippen LogP contribution is 2.28. The summed E-state index contributed by atoms with van der Waals surface area (Å²) in [4.78, 5) is 34.8. The number of halogens is 1. The fraction of sp³-hybridized carbons (Fsp3) is 0.130. The molecule has 3 aromatic rings. The lowest BCUT2D eigenvalue weighted by atomic mass is 10.1. The molecule has 3 N–H and O–H groups in total. The summed E-state index contributed by atoms with van der Waals surface area (Å²) in [6, 6.07) is 16.5. The number of nitrogens with zero attached hydrogens (tertiary/aromatic N) is 1. The van der Waals surface area contributed by atoms with Gasteiger partial charge in [-0.15, -0.1) is 0 Å². The van der Waals surface area contributed by atoms with Crippen LogP contribution in [0.4, 0.5) is 21.5 Å². The predicted molar refractivity (Wildman–Crippen MR) is 121 cm³/mol. The Hall–Kier alpha value is -4.47. The topological polar surface area (TPSA) is 123 Å². The number of hydrogen-bond acceptors (Lipinski definition) is 6. The summed E-state index contributed by atoms with van der Waals surface area (Å²) < 4.78 is 18.7. The molecule has 0 fully saturated rings. The summed E-state index contributed by atoms with van der Waals surface area (Å²) in [6.45, 7) is -0.0171. The molecule has 10 heteroatoms. The van der Waals surface area contributed by atoms with E-state index >= 15 is 0 Å². The maximum Gasteiger partial charge on any atom is 0.273 e. The number of hydrogen-bond donors (Lipinski definition) is 3. The number of nitrogens with one attached hydrogen (secondary N) is 3. The second-order valence-corrected chi connectivity index (χ2v) is 6.89. The van der Waals surface area contributed by atoms with Crippen molar-refractivity contribution in [2.75, 3.05) is 24.3 Å². The number of rotatable bonds is 9. The normalized spacial score (nSPS) is 10.2. The van der Waals surface area contributed by atoms with Gasteiger partial charge in [-0.3, -0.25) is 19.7 Å². The van der Waals surface area contributed by atoms with Gasteiger partial charge in [-0.2, -0.15) is 0 Å². The lowest BCUT2D eigenvalue weighted by Crippen LogP contribution is -2.23. The largest absolute Gasteiger partial charge is 0.494 e. The highest BCUT2D eigenvalue weighted by molar-refractivity contribution is 5.96. The Morgan fingerprint density at radius 1 is 1.06 bits per heavy atom. The summed E-state index contributed by atoms with van der Waals surface area (Å²) in [6.07, 6.45) is 0. The fourth-order valence-corrected chi connectivity index (χ4v) is 2.93. The van der Waals surface area contributed by atoms with Gasteiger partial charge in [-0.05, 0) is 36.4 Å². The standard InChI is InChI=1S/C23H21FN4O5/c1-33-21-12-18(28(31)32)10-11-20(21)27-22(29)14-25-17-8-6-15(7-9-17)23(30)26-13-16-4-2-3-5-19(16)24/h2-12,25H,13-14H2,1H3,(H,26,30)(H,27,29). The van der Waals surface area contributed by atoms with E-state index in [0.717, 1.165) is 0 Å². The molecule has 3 rings (SSSR count). The lowest BCUT2D eigenvalue weighted by Gasteiger charge is -2.11. The minimum Gasteiger partial charge on any atom is -0.494 e. The van der Waals surface area contributed by atoms with E-state index in [9.17, 15) is 24.1 Å². The number of methoxy groups -OCH3 is 1. The number of ether oxygens (including phenoxy) is 1. The van der Waals surface area contributed by atoms with Crippen LogP contribution in [0, 0.1) is 15.9 Å². The van der Waals surface area contributed by atoms with Gasteiger partial charge in [0.25, 0.3) is 11.6 Å². The Bertz CT molecular complexity index is 1170. The van der Waals surface area contributed by atoms with Crippen LogP contribution in [0.1, 0.15) is 15.9 Å². The van der Waals surface area contributed by atoms with E-state index in [2.05, 4.69) is 16.0 Å². The molecule has 0 atom stereocenters. The van der Waals surface area contributed by atoms with Gasteiger partial charge < -0.3 is 20.7 Å². The van der Waals surface area contributed by atoms with Gasteiger partial charge in [-0.1, -0.05) is 18.2 Å². The van der Waals surface area contributed by atoms with Crippen molar-refractivity contribution in [1.29, 1.82) is 0 Å². The third kappa shape index (κ3) is 6.26. The van der Waals surface area contributed by atoms with Gasteiger partial charge in [0.1, 0.15) is 11.6 Å². The Balaban J connectivity index is 1.52. The van der Waals surface area contributed by atoms with Crippen molar-refractivity contribution in [1.82, 2.24) is 5.32 Å². The number of carbonyl (C=O) groups excluding carboxylic acids is 2. The Labute approximate surface area is 188 Å². The molecular formula is C23H21FN4O5.